The summed E-state index contributed by atoms with van der Waals surface area (Å²) in [6.07, 6.45) is 10.5. The highest BCUT2D eigenvalue weighted by molar-refractivity contribution is 5.75. The highest BCUT2D eigenvalue weighted by atomic mass is 19.1. The molecule has 0 amide bonds. The topological polar surface area (TPSA) is 27.7 Å². The van der Waals surface area contributed by atoms with Crippen LogP contribution in [0.5, 0.6) is 0 Å². The van der Waals surface area contributed by atoms with Gasteiger partial charge >= 0.3 is 0 Å². The maximum atomic E-state index is 13.5. The van der Waals surface area contributed by atoms with Crippen molar-refractivity contribution in [3.63, 3.8) is 0 Å². The molecule has 0 spiro atoms. The number of allylic oxidation sites excluding steroid dienone is 2. The first-order chi connectivity index (χ1) is 13.6. The number of rotatable bonds is 8. The molecule has 1 aromatic carbocycles. The third-order valence-electron chi connectivity index (χ3n) is 5.38. The van der Waals surface area contributed by atoms with E-state index in [1.54, 1.807) is 0 Å². The number of halogens is 2. The highest BCUT2D eigenvalue weighted by Crippen LogP contribution is 2.36. The lowest BCUT2D eigenvalue weighted by Crippen LogP contribution is -2.50. The molecule has 154 valence electrons. The van der Waals surface area contributed by atoms with E-state index in [1.807, 2.05) is 25.2 Å². The second-order valence-corrected chi connectivity index (χ2v) is 7.60. The van der Waals surface area contributed by atoms with Crippen molar-refractivity contribution in [3.8, 4) is 0 Å². The minimum Gasteiger partial charge on any atom is -0.366 e. The summed E-state index contributed by atoms with van der Waals surface area (Å²) in [5, 5.41) is 0. The number of unbranched alkanes of at least 4 members (excludes halogenated alkanes) is 2. The molecule has 28 heavy (non-hydrogen) atoms. The van der Waals surface area contributed by atoms with Crippen LogP contribution in [0.4, 0.5) is 8.78 Å². The molecule has 1 aliphatic carbocycles. The molecule has 1 unspecified atom stereocenters. The van der Waals surface area contributed by atoms with Gasteiger partial charge in [0.2, 0.25) is 0 Å². The van der Waals surface area contributed by atoms with E-state index in [1.165, 1.54) is 31.4 Å². The van der Waals surface area contributed by atoms with Gasteiger partial charge in [0, 0.05) is 25.0 Å². The third kappa shape index (κ3) is 5.07. The molecule has 1 atom stereocenters. The molecule has 1 saturated heterocycles. The second-order valence-electron chi connectivity index (χ2n) is 7.60. The first-order valence-corrected chi connectivity index (χ1v) is 10.3. The normalized spacial score (nSPS) is 27.6. The largest absolute Gasteiger partial charge is 0.366 e. The number of hydrogen-bond acceptors (Lipinski definition) is 3. The van der Waals surface area contributed by atoms with E-state index in [0.29, 0.717) is 37.7 Å². The van der Waals surface area contributed by atoms with Crippen molar-refractivity contribution >= 4 is 5.57 Å². The average Bonchev–Trinajstić information content (AvgIpc) is 2.69. The molecule has 0 bridgehead atoms. The molecule has 1 heterocycles. The molecule has 2 aliphatic rings. The van der Waals surface area contributed by atoms with Gasteiger partial charge in [-0.1, -0.05) is 38.3 Å². The van der Waals surface area contributed by atoms with Crippen LogP contribution in [0.1, 0.15) is 51.5 Å². The Labute approximate surface area is 166 Å². The van der Waals surface area contributed by atoms with E-state index in [0.717, 1.165) is 18.1 Å². The van der Waals surface area contributed by atoms with Gasteiger partial charge in [0.25, 0.3) is 0 Å². The van der Waals surface area contributed by atoms with Crippen molar-refractivity contribution in [2.45, 2.75) is 57.8 Å². The first kappa shape index (κ1) is 21.2. The van der Waals surface area contributed by atoms with E-state index in [9.17, 15) is 8.78 Å². The lowest BCUT2D eigenvalue weighted by Gasteiger charge is -2.42. The monoisotopic (exact) mass is 392 g/mol. The summed E-state index contributed by atoms with van der Waals surface area (Å²) >= 11 is 0. The lowest BCUT2D eigenvalue weighted by atomic mass is 9.88. The Hall–Kier alpha value is -1.56. The van der Waals surface area contributed by atoms with Gasteiger partial charge in [-0.25, -0.2) is 8.78 Å². The van der Waals surface area contributed by atoms with Crippen LogP contribution in [0.15, 0.2) is 36.4 Å². The van der Waals surface area contributed by atoms with Crippen LogP contribution in [-0.2, 0) is 14.2 Å². The van der Waals surface area contributed by atoms with Crippen molar-refractivity contribution in [3.05, 3.63) is 53.6 Å². The lowest BCUT2D eigenvalue weighted by molar-refractivity contribution is -0.272. The summed E-state index contributed by atoms with van der Waals surface area (Å²) in [7, 11) is 0. The fourth-order valence-corrected chi connectivity index (χ4v) is 3.86. The maximum Gasteiger partial charge on any atom is 0.190 e. The zero-order chi connectivity index (χ0) is 20.0. The third-order valence-corrected chi connectivity index (χ3v) is 5.38. The Morgan fingerprint density at radius 3 is 2.36 bits per heavy atom. The molecule has 3 nitrogen and oxygen atoms in total. The molecule has 5 heteroatoms. The quantitative estimate of drug-likeness (QED) is 0.535. The highest BCUT2D eigenvalue weighted by Gasteiger charge is 2.42. The molecule has 0 radical (unpaired) electrons. The zero-order valence-electron chi connectivity index (χ0n) is 16.8. The summed E-state index contributed by atoms with van der Waals surface area (Å²) in [6, 6.07) is 3.55. The molecule has 0 saturated carbocycles. The van der Waals surface area contributed by atoms with Crippen molar-refractivity contribution in [1.29, 1.82) is 0 Å². The molecule has 1 fully saturated rings. The number of benzene rings is 1. The maximum absolute atomic E-state index is 13.5. The molecule has 1 aliphatic heterocycles. The smallest absolute Gasteiger partial charge is 0.190 e. The van der Waals surface area contributed by atoms with E-state index < -0.39 is 23.5 Å². The van der Waals surface area contributed by atoms with Gasteiger partial charge in [-0.2, -0.15) is 0 Å². The van der Waals surface area contributed by atoms with E-state index in [4.69, 9.17) is 14.2 Å². The summed E-state index contributed by atoms with van der Waals surface area (Å²) in [5.41, 5.74) is 0.570. The summed E-state index contributed by atoms with van der Waals surface area (Å²) in [6.45, 7) is 6.00. The Balaban J connectivity index is 1.66. The van der Waals surface area contributed by atoms with E-state index >= 15 is 0 Å². The van der Waals surface area contributed by atoms with Gasteiger partial charge in [0.1, 0.15) is 17.2 Å². The predicted molar refractivity (Wildman–Crippen MR) is 106 cm³/mol. The Morgan fingerprint density at radius 1 is 1.07 bits per heavy atom. The van der Waals surface area contributed by atoms with E-state index in [-0.39, 0.29) is 0 Å². The fourth-order valence-electron chi connectivity index (χ4n) is 3.86. The summed E-state index contributed by atoms with van der Waals surface area (Å²) < 4.78 is 45.2. The number of hydrogen-bond donors (Lipinski definition) is 0. The molecule has 3 rings (SSSR count). The Morgan fingerprint density at radius 2 is 1.79 bits per heavy atom. The first-order valence-electron chi connectivity index (χ1n) is 10.3. The molecule has 0 aromatic heterocycles. The van der Waals surface area contributed by atoms with Crippen molar-refractivity contribution in [1.82, 2.24) is 0 Å². The summed E-state index contributed by atoms with van der Waals surface area (Å²) in [4.78, 5) is 0. The van der Waals surface area contributed by atoms with Crippen molar-refractivity contribution in [2.24, 2.45) is 5.92 Å². The van der Waals surface area contributed by atoms with Gasteiger partial charge < -0.3 is 14.2 Å². The van der Waals surface area contributed by atoms with Crippen LogP contribution < -0.4 is 0 Å². The SMILES string of the molecule is CCCCCC1COC(C2(OCC)C=CC(c3cc(F)cc(F)c3)=CC2)OC1. The molecule has 1 aromatic rings. The zero-order valence-corrected chi connectivity index (χ0v) is 16.8. The van der Waals surface area contributed by atoms with Crippen LogP contribution in [0, 0.1) is 17.6 Å². The molecular formula is C23H30F2O3. The van der Waals surface area contributed by atoms with Crippen LogP contribution >= 0.6 is 0 Å². The van der Waals surface area contributed by atoms with Crippen LogP contribution in [-0.4, -0.2) is 31.7 Å². The van der Waals surface area contributed by atoms with Crippen LogP contribution in [0.2, 0.25) is 0 Å². The van der Waals surface area contributed by atoms with E-state index in [2.05, 4.69) is 6.92 Å². The van der Waals surface area contributed by atoms with Gasteiger partial charge in [0.15, 0.2) is 6.29 Å². The predicted octanol–water partition coefficient (Wildman–Crippen LogP) is 5.65. The minimum atomic E-state index is -0.710. The second kappa shape index (κ2) is 9.77. The summed E-state index contributed by atoms with van der Waals surface area (Å²) in [5.74, 6) is -0.742. The number of ether oxygens (including phenoxy) is 3. The van der Waals surface area contributed by atoms with Crippen molar-refractivity contribution in [2.75, 3.05) is 19.8 Å². The van der Waals surface area contributed by atoms with Gasteiger partial charge in [-0.15, -0.1) is 0 Å². The van der Waals surface area contributed by atoms with Crippen LogP contribution in [0.25, 0.3) is 5.57 Å². The molecule has 0 N–H and O–H groups in total. The van der Waals surface area contributed by atoms with Gasteiger partial charge in [-0.05, 0) is 42.7 Å². The van der Waals surface area contributed by atoms with Crippen molar-refractivity contribution < 1.29 is 23.0 Å². The standard InChI is InChI=1S/C23H30F2O3/c1-3-5-6-7-17-15-26-22(27-16-17)23(28-4-2)10-8-18(9-11-23)19-12-20(24)14-21(25)13-19/h8-10,12-14,17,22H,3-7,11,15-16H2,1-2H3. The Kier molecular flexibility index (Phi) is 7.38. The molecular weight excluding hydrogens is 362 g/mol. The van der Waals surface area contributed by atoms with Gasteiger partial charge in [0.05, 0.1) is 13.2 Å². The Bertz CT molecular complexity index is 688. The van der Waals surface area contributed by atoms with Crippen LogP contribution in [0.3, 0.4) is 0 Å². The van der Waals surface area contributed by atoms with Gasteiger partial charge in [-0.3, -0.25) is 0 Å². The fraction of sp³-hybridized carbons (Fsp3) is 0.565. The average molecular weight is 392 g/mol. The minimum absolute atomic E-state index is 0.426.